The predicted octanol–water partition coefficient (Wildman–Crippen LogP) is 1.06. The van der Waals surface area contributed by atoms with E-state index in [4.69, 9.17) is 4.52 Å². The Morgan fingerprint density at radius 2 is 1.89 bits per heavy atom. The lowest BCUT2D eigenvalue weighted by atomic mass is 9.96. The summed E-state index contributed by atoms with van der Waals surface area (Å²) >= 11 is 0. The first-order valence-electron chi connectivity index (χ1n) is 8.88. The molecule has 3 amide bonds. The van der Waals surface area contributed by atoms with Gasteiger partial charge in [0.05, 0.1) is 6.54 Å². The average Bonchev–Trinajstić information content (AvgIpc) is 3.22. The molecular formula is C19H22N4O4. The summed E-state index contributed by atoms with van der Waals surface area (Å²) in [5.41, 5.74) is 0.944. The molecule has 1 saturated heterocycles. The van der Waals surface area contributed by atoms with E-state index in [0.717, 1.165) is 5.56 Å². The van der Waals surface area contributed by atoms with Gasteiger partial charge in [-0.15, -0.1) is 0 Å². The van der Waals surface area contributed by atoms with Crippen molar-refractivity contribution in [3.8, 4) is 11.3 Å². The Hall–Kier alpha value is -3.16. The normalized spacial score (nSPS) is 14.6. The highest BCUT2D eigenvalue weighted by Crippen LogP contribution is 2.20. The molecule has 2 aromatic rings. The summed E-state index contributed by atoms with van der Waals surface area (Å²) in [5, 5.41) is 8.97. The van der Waals surface area contributed by atoms with Crippen LogP contribution in [-0.4, -0.2) is 54.5 Å². The van der Waals surface area contributed by atoms with Gasteiger partial charge in [-0.2, -0.15) is 0 Å². The van der Waals surface area contributed by atoms with Gasteiger partial charge in [-0.25, -0.2) is 0 Å². The molecule has 1 aliphatic rings. The third kappa shape index (κ3) is 4.52. The molecule has 1 aromatic heterocycles. The van der Waals surface area contributed by atoms with Crippen molar-refractivity contribution in [1.82, 2.24) is 20.7 Å². The molecule has 0 radical (unpaired) electrons. The molecule has 8 nitrogen and oxygen atoms in total. The van der Waals surface area contributed by atoms with Crippen molar-refractivity contribution in [3.05, 3.63) is 42.1 Å². The molecule has 0 unspecified atom stereocenters. The number of benzene rings is 1. The van der Waals surface area contributed by atoms with Crippen molar-refractivity contribution in [1.29, 1.82) is 0 Å². The van der Waals surface area contributed by atoms with Crippen LogP contribution in [0.3, 0.4) is 0 Å². The van der Waals surface area contributed by atoms with Crippen LogP contribution in [0.1, 0.15) is 23.3 Å². The molecule has 2 heterocycles. The number of likely N-dealkylation sites (tertiary alicyclic amines) is 1. The highest BCUT2D eigenvalue weighted by Gasteiger charge is 2.27. The molecule has 3 rings (SSSR count). The van der Waals surface area contributed by atoms with Crippen LogP contribution in [0.5, 0.6) is 0 Å². The van der Waals surface area contributed by atoms with E-state index in [1.165, 1.54) is 0 Å². The van der Waals surface area contributed by atoms with Gasteiger partial charge in [-0.3, -0.25) is 14.4 Å². The summed E-state index contributed by atoms with van der Waals surface area (Å²) in [7, 11) is 1.61. The first-order valence-corrected chi connectivity index (χ1v) is 8.88. The zero-order valence-electron chi connectivity index (χ0n) is 15.1. The Morgan fingerprint density at radius 3 is 2.56 bits per heavy atom. The van der Waals surface area contributed by atoms with Crippen LogP contribution in [0.2, 0.25) is 0 Å². The average molecular weight is 370 g/mol. The van der Waals surface area contributed by atoms with Gasteiger partial charge in [-0.1, -0.05) is 35.5 Å². The number of rotatable bonds is 5. The molecule has 0 atom stereocenters. The summed E-state index contributed by atoms with van der Waals surface area (Å²) in [6, 6.07) is 10.9. The van der Waals surface area contributed by atoms with Crippen molar-refractivity contribution in [2.24, 2.45) is 5.92 Å². The van der Waals surface area contributed by atoms with E-state index in [1.54, 1.807) is 18.0 Å². The number of hydrogen-bond acceptors (Lipinski definition) is 5. The van der Waals surface area contributed by atoms with Gasteiger partial charge >= 0.3 is 0 Å². The highest BCUT2D eigenvalue weighted by atomic mass is 16.5. The van der Waals surface area contributed by atoms with Crippen molar-refractivity contribution in [2.75, 3.05) is 26.7 Å². The summed E-state index contributed by atoms with van der Waals surface area (Å²) in [5.74, 6) is -0.195. The fraction of sp³-hybridized carbons (Fsp3) is 0.368. The number of hydrogen-bond donors (Lipinski definition) is 2. The van der Waals surface area contributed by atoms with E-state index < -0.39 is 5.91 Å². The van der Waals surface area contributed by atoms with E-state index in [9.17, 15) is 14.4 Å². The van der Waals surface area contributed by atoms with Crippen molar-refractivity contribution >= 4 is 17.7 Å². The number of amides is 3. The smallest absolute Gasteiger partial charge is 0.273 e. The van der Waals surface area contributed by atoms with Gasteiger partial charge in [0.2, 0.25) is 11.8 Å². The van der Waals surface area contributed by atoms with Crippen LogP contribution in [-0.2, 0) is 9.59 Å². The van der Waals surface area contributed by atoms with E-state index in [-0.39, 0.29) is 30.0 Å². The monoisotopic (exact) mass is 370 g/mol. The molecular weight excluding hydrogens is 348 g/mol. The Morgan fingerprint density at radius 1 is 1.19 bits per heavy atom. The zero-order valence-corrected chi connectivity index (χ0v) is 15.1. The van der Waals surface area contributed by atoms with E-state index in [0.29, 0.717) is 31.7 Å². The number of nitrogens with one attached hydrogen (secondary N) is 2. The SMILES string of the molecule is CNC(=O)C1CCN(C(=O)CNC(=O)c2cc(-c3ccccc3)on2)CC1. The van der Waals surface area contributed by atoms with Crippen LogP contribution in [0.15, 0.2) is 40.9 Å². The van der Waals surface area contributed by atoms with Crippen LogP contribution in [0.4, 0.5) is 0 Å². The van der Waals surface area contributed by atoms with Crippen LogP contribution >= 0.6 is 0 Å². The second-order valence-corrected chi connectivity index (χ2v) is 6.39. The molecule has 1 fully saturated rings. The maximum absolute atomic E-state index is 12.3. The number of nitrogens with zero attached hydrogens (tertiary/aromatic N) is 2. The molecule has 1 aromatic carbocycles. The number of piperidine rings is 1. The Kier molecular flexibility index (Phi) is 5.85. The lowest BCUT2D eigenvalue weighted by Gasteiger charge is -2.31. The summed E-state index contributed by atoms with van der Waals surface area (Å²) in [6.07, 6.45) is 1.26. The molecule has 2 N–H and O–H groups in total. The van der Waals surface area contributed by atoms with Gasteiger partial charge in [-0.05, 0) is 12.8 Å². The summed E-state index contributed by atoms with van der Waals surface area (Å²) in [6.45, 7) is 0.904. The molecule has 0 saturated carbocycles. The minimum Gasteiger partial charge on any atom is -0.359 e. The number of carbonyl (C=O) groups excluding carboxylic acids is 3. The minimum atomic E-state index is -0.463. The molecule has 0 aliphatic carbocycles. The topological polar surface area (TPSA) is 105 Å². The first-order chi connectivity index (χ1) is 13.1. The van der Waals surface area contributed by atoms with Crippen molar-refractivity contribution in [3.63, 3.8) is 0 Å². The van der Waals surface area contributed by atoms with E-state index >= 15 is 0 Å². The molecule has 8 heteroatoms. The van der Waals surface area contributed by atoms with Crippen LogP contribution in [0, 0.1) is 5.92 Å². The van der Waals surface area contributed by atoms with Crippen molar-refractivity contribution < 1.29 is 18.9 Å². The van der Waals surface area contributed by atoms with E-state index in [1.807, 2.05) is 30.3 Å². The largest absolute Gasteiger partial charge is 0.359 e. The Bertz CT molecular complexity index is 810. The van der Waals surface area contributed by atoms with Crippen LogP contribution < -0.4 is 10.6 Å². The lowest BCUT2D eigenvalue weighted by molar-refractivity contribution is -0.134. The van der Waals surface area contributed by atoms with Crippen LogP contribution in [0.25, 0.3) is 11.3 Å². The molecule has 142 valence electrons. The summed E-state index contributed by atoms with van der Waals surface area (Å²) in [4.78, 5) is 37.8. The van der Waals surface area contributed by atoms with Gasteiger partial charge in [0, 0.05) is 37.7 Å². The zero-order chi connectivity index (χ0) is 19.2. The fourth-order valence-corrected chi connectivity index (χ4v) is 3.07. The molecule has 0 bridgehead atoms. The third-order valence-corrected chi connectivity index (χ3v) is 4.67. The highest BCUT2D eigenvalue weighted by molar-refractivity contribution is 5.95. The Labute approximate surface area is 156 Å². The maximum atomic E-state index is 12.3. The fourth-order valence-electron chi connectivity index (χ4n) is 3.07. The molecule has 1 aliphatic heterocycles. The molecule has 27 heavy (non-hydrogen) atoms. The number of carbonyl (C=O) groups is 3. The Balaban J connectivity index is 1.49. The number of aromatic nitrogens is 1. The minimum absolute atomic E-state index is 0.00986. The predicted molar refractivity (Wildman–Crippen MR) is 97.6 cm³/mol. The standard InChI is InChI=1S/C19H22N4O4/c1-20-18(25)14-7-9-23(10-8-14)17(24)12-21-19(26)15-11-16(27-22-15)13-5-3-2-4-6-13/h2-6,11,14H,7-10,12H2,1H3,(H,20,25)(H,21,26). The van der Waals surface area contributed by atoms with Gasteiger partial charge in [0.15, 0.2) is 11.5 Å². The van der Waals surface area contributed by atoms with Crippen molar-refractivity contribution in [2.45, 2.75) is 12.8 Å². The van der Waals surface area contributed by atoms with E-state index in [2.05, 4.69) is 15.8 Å². The lowest BCUT2D eigenvalue weighted by Crippen LogP contribution is -2.46. The second kappa shape index (κ2) is 8.48. The molecule has 0 spiro atoms. The quantitative estimate of drug-likeness (QED) is 0.819. The first kappa shape index (κ1) is 18.6. The van der Waals surface area contributed by atoms with Gasteiger partial charge in [0.1, 0.15) is 0 Å². The second-order valence-electron chi connectivity index (χ2n) is 6.39. The third-order valence-electron chi connectivity index (χ3n) is 4.67. The van der Waals surface area contributed by atoms with Gasteiger partial charge in [0.25, 0.3) is 5.91 Å². The maximum Gasteiger partial charge on any atom is 0.273 e. The summed E-state index contributed by atoms with van der Waals surface area (Å²) < 4.78 is 5.20. The van der Waals surface area contributed by atoms with Gasteiger partial charge < -0.3 is 20.1 Å².